The molecule has 2 aromatic rings. The van der Waals surface area contributed by atoms with Crippen molar-refractivity contribution < 1.29 is 34.8 Å². The third-order valence-electron chi connectivity index (χ3n) is 8.98. The Morgan fingerprint density at radius 2 is 1.43 bits per heavy atom. The number of hydrogen-bond donors (Lipinski definition) is 6. The lowest BCUT2D eigenvalue weighted by Crippen LogP contribution is -2.69. The molecule has 1 aromatic heterocycles. The zero-order chi connectivity index (χ0) is 33.6. The Morgan fingerprint density at radius 3 is 1.96 bits per heavy atom. The van der Waals surface area contributed by atoms with E-state index in [0.717, 1.165) is 25.5 Å². The van der Waals surface area contributed by atoms with Crippen molar-refractivity contribution in [1.82, 2.24) is 14.6 Å². The highest BCUT2D eigenvalue weighted by molar-refractivity contribution is 5.23. The van der Waals surface area contributed by atoms with Crippen LogP contribution in [0.5, 0.6) is 0 Å². The minimum Gasteiger partial charge on any atom is -0.394 e. The highest BCUT2D eigenvalue weighted by atomic mass is 19.1. The molecule has 1 aliphatic heterocycles. The predicted molar refractivity (Wildman–Crippen MR) is 172 cm³/mol. The van der Waals surface area contributed by atoms with Crippen molar-refractivity contribution in [1.29, 1.82) is 0 Å². The Bertz CT molecular complexity index is 1280. The van der Waals surface area contributed by atoms with Gasteiger partial charge in [0.15, 0.2) is 6.30 Å². The van der Waals surface area contributed by atoms with E-state index in [1.807, 2.05) is 4.98 Å². The van der Waals surface area contributed by atoms with Crippen LogP contribution < -0.4 is 11.2 Å². The molecule has 3 rings (SSSR count). The molecule has 1 saturated heterocycles. The highest BCUT2D eigenvalue weighted by Crippen LogP contribution is 2.44. The second-order valence-corrected chi connectivity index (χ2v) is 12.6. The van der Waals surface area contributed by atoms with Gasteiger partial charge >= 0.3 is 11.6 Å². The number of aromatic amines is 1. The first kappa shape index (κ1) is 38.0. The van der Waals surface area contributed by atoms with Crippen LogP contribution in [0.2, 0.25) is 0 Å². The highest BCUT2D eigenvalue weighted by Gasteiger charge is 2.71. The molecule has 0 saturated carbocycles. The van der Waals surface area contributed by atoms with Crippen LogP contribution in [0.3, 0.4) is 0 Å². The smallest absolute Gasteiger partial charge is 0.332 e. The summed E-state index contributed by atoms with van der Waals surface area (Å²) < 4.78 is 21.1. The Kier molecular flexibility index (Phi) is 15.5. The number of hydrogen-bond acceptors (Lipinski definition) is 9. The maximum Gasteiger partial charge on any atom is 0.332 e. The molecule has 1 unspecified atom stereocenters. The van der Waals surface area contributed by atoms with Gasteiger partial charge in [0.1, 0.15) is 12.2 Å². The van der Waals surface area contributed by atoms with Gasteiger partial charge in [-0.25, -0.2) is 13.8 Å². The van der Waals surface area contributed by atoms with E-state index in [4.69, 9.17) is 4.74 Å². The maximum atomic E-state index is 15.4. The first-order valence-corrected chi connectivity index (χ1v) is 17.0. The normalized spacial score (nSPS) is 23.7. The first-order valence-electron chi connectivity index (χ1n) is 17.0. The summed E-state index contributed by atoms with van der Waals surface area (Å²) in [7, 11) is 0. The van der Waals surface area contributed by atoms with Gasteiger partial charge in [-0.15, -0.1) is 5.06 Å². The van der Waals surface area contributed by atoms with Crippen LogP contribution in [-0.2, 0) is 17.1 Å². The number of aromatic nitrogens is 2. The van der Waals surface area contributed by atoms with Crippen LogP contribution in [0.25, 0.3) is 0 Å². The zero-order valence-electron chi connectivity index (χ0n) is 27.2. The second kappa shape index (κ2) is 18.8. The molecule has 0 spiro atoms. The monoisotopic (exact) mass is 651 g/mol. The lowest BCUT2D eigenvalue weighted by molar-refractivity contribution is -0.428. The average Bonchev–Trinajstić information content (AvgIpc) is 3.25. The Balaban J connectivity index is 1.55. The van der Waals surface area contributed by atoms with Crippen LogP contribution in [0, 0.1) is 0 Å². The number of unbranched alkanes of at least 4 members (excludes halogenated alkanes) is 14. The van der Waals surface area contributed by atoms with Crippen molar-refractivity contribution in [2.24, 2.45) is 0 Å². The number of ether oxygens (including phenoxy) is 1. The molecule has 5 atom stereocenters. The molecule has 46 heavy (non-hydrogen) atoms. The third kappa shape index (κ3) is 9.56. The van der Waals surface area contributed by atoms with E-state index < -0.39 is 48.0 Å². The lowest BCUT2D eigenvalue weighted by Gasteiger charge is -2.43. The van der Waals surface area contributed by atoms with Gasteiger partial charge in [-0.3, -0.25) is 9.78 Å². The Morgan fingerprint density at radius 1 is 0.913 bits per heavy atom. The van der Waals surface area contributed by atoms with Gasteiger partial charge in [0.05, 0.1) is 6.61 Å². The molecule has 0 aliphatic carbocycles. The quantitative estimate of drug-likeness (QED) is 0.0467. The van der Waals surface area contributed by atoms with E-state index in [1.165, 1.54) is 64.2 Å². The number of halogens is 1. The number of benzene rings is 1. The van der Waals surface area contributed by atoms with E-state index in [-0.39, 0.29) is 23.5 Å². The fraction of sp³-hybridized carbons (Fsp3) is 0.706. The van der Waals surface area contributed by atoms with Gasteiger partial charge in [-0.1, -0.05) is 127 Å². The largest absolute Gasteiger partial charge is 0.394 e. The molecule has 6 N–H and O–H groups in total. The first-order chi connectivity index (χ1) is 22.1. The number of H-pyrrole nitrogens is 1. The summed E-state index contributed by atoms with van der Waals surface area (Å²) >= 11 is 0. The number of nitrogens with one attached hydrogen (secondary N) is 1. The number of hydroxylamine groups is 2. The number of rotatable bonds is 22. The number of aliphatic hydroxyl groups is 4. The van der Waals surface area contributed by atoms with Gasteiger partial charge in [-0.05, 0) is 18.4 Å². The zero-order valence-corrected chi connectivity index (χ0v) is 27.2. The van der Waals surface area contributed by atoms with Gasteiger partial charge < -0.3 is 30.4 Å². The molecule has 260 valence electrons. The van der Waals surface area contributed by atoms with Crippen molar-refractivity contribution in [2.75, 3.05) is 6.61 Å². The average molecular weight is 652 g/mol. The fourth-order valence-electron chi connectivity index (χ4n) is 6.17. The standard InChI is InChI=1S/C34H54FN3O8/c1-2-3-4-5-6-7-8-9-10-11-12-13-14-15-19-22-29(35)38(45)33(43)30(40)28(25-39)46-34(33,44)37-24-27(31(41)36-32(37)42)23-26-20-17-16-18-21-26/h16-18,20-21,24,28-30,39-40,43-45H,2-15,19,22-23,25H2,1H3,(H,36,41,42)/t28-,29?,30-,33-,34-/m1/s1. The van der Waals surface area contributed by atoms with Crippen LogP contribution in [-0.4, -0.2) is 71.1 Å². The molecule has 0 bridgehead atoms. The lowest BCUT2D eigenvalue weighted by atomic mass is 9.99. The summed E-state index contributed by atoms with van der Waals surface area (Å²) in [6, 6.07) is 8.75. The van der Waals surface area contributed by atoms with E-state index in [0.29, 0.717) is 23.0 Å². The Hall–Kier alpha value is -2.45. The van der Waals surface area contributed by atoms with Crippen LogP contribution in [0.4, 0.5) is 4.39 Å². The second-order valence-electron chi connectivity index (χ2n) is 12.6. The summed E-state index contributed by atoms with van der Waals surface area (Å²) in [4.78, 5) is 27.5. The molecule has 1 fully saturated rings. The van der Waals surface area contributed by atoms with Gasteiger partial charge in [-0.2, -0.15) is 0 Å². The summed E-state index contributed by atoms with van der Waals surface area (Å²) in [5.74, 6) is -3.29. The number of nitrogens with zero attached hydrogens (tertiary/aromatic N) is 2. The molecule has 11 nitrogen and oxygen atoms in total. The van der Waals surface area contributed by atoms with Crippen molar-refractivity contribution in [3.8, 4) is 0 Å². The van der Waals surface area contributed by atoms with E-state index in [2.05, 4.69) is 6.92 Å². The van der Waals surface area contributed by atoms with Crippen molar-refractivity contribution in [3.63, 3.8) is 0 Å². The van der Waals surface area contributed by atoms with Gasteiger partial charge in [0, 0.05) is 18.2 Å². The SMILES string of the molecule is CCCCCCCCCCCCCCCCCC(F)N(O)[C@@]1(O)[C@H](O)[C@@H](CO)O[C@@]1(O)n1cc(Cc2ccccc2)c(=O)[nH]c1=O. The molecule has 1 aromatic carbocycles. The van der Waals surface area contributed by atoms with Crippen LogP contribution >= 0.6 is 0 Å². The molecule has 0 radical (unpaired) electrons. The van der Waals surface area contributed by atoms with Gasteiger partial charge in [0.25, 0.3) is 5.56 Å². The van der Waals surface area contributed by atoms with Crippen LogP contribution in [0.1, 0.15) is 121 Å². The van der Waals surface area contributed by atoms with Crippen molar-refractivity contribution >= 4 is 0 Å². The molecule has 12 heteroatoms. The van der Waals surface area contributed by atoms with Crippen molar-refractivity contribution in [2.45, 2.75) is 146 Å². The van der Waals surface area contributed by atoms with Crippen molar-refractivity contribution in [3.05, 3.63) is 68.5 Å². The molecular weight excluding hydrogens is 597 g/mol. The predicted octanol–water partition coefficient (Wildman–Crippen LogP) is 4.42. The minimum absolute atomic E-state index is 0.0186. The summed E-state index contributed by atoms with van der Waals surface area (Å²) in [6.45, 7) is 1.29. The molecule has 0 amide bonds. The summed E-state index contributed by atoms with van der Waals surface area (Å²) in [5.41, 5.74) is -4.68. The molecule has 2 heterocycles. The summed E-state index contributed by atoms with van der Waals surface area (Å²) in [6.07, 6.45) is 11.3. The third-order valence-corrected chi connectivity index (χ3v) is 8.98. The molecular formula is C34H54FN3O8. The van der Waals surface area contributed by atoms with Gasteiger partial charge in [0.2, 0.25) is 5.72 Å². The molecule has 1 aliphatic rings. The van der Waals surface area contributed by atoms with Crippen LogP contribution in [0.15, 0.2) is 46.1 Å². The maximum absolute atomic E-state index is 15.4. The Labute approximate surface area is 270 Å². The minimum atomic E-state index is -3.33. The number of aliphatic hydroxyl groups excluding tert-OH is 2. The fourth-order valence-corrected chi connectivity index (χ4v) is 6.17. The van der Waals surface area contributed by atoms with E-state index >= 15 is 4.39 Å². The number of alkyl halides is 1. The topological polar surface area (TPSA) is 168 Å². The van der Waals surface area contributed by atoms with E-state index in [9.17, 15) is 35.2 Å². The summed E-state index contributed by atoms with van der Waals surface area (Å²) in [5, 5.41) is 54.3. The van der Waals surface area contributed by atoms with E-state index in [1.54, 1.807) is 30.3 Å².